The summed E-state index contributed by atoms with van der Waals surface area (Å²) in [5.74, 6) is 0.325. The Kier molecular flexibility index (Phi) is 2.65. The summed E-state index contributed by atoms with van der Waals surface area (Å²) >= 11 is 4.89. The molecule has 0 spiro atoms. The number of aryl methyl sites for hydroxylation is 1. The zero-order valence-electron chi connectivity index (χ0n) is 7.20. The van der Waals surface area contributed by atoms with Crippen molar-refractivity contribution in [1.82, 2.24) is 10.1 Å². The monoisotopic (exact) mass is 186 g/mol. The molecule has 0 aliphatic carbocycles. The number of thiocarbonyl (C=S) groups is 1. The summed E-state index contributed by atoms with van der Waals surface area (Å²) in [5.41, 5.74) is 0.770. The second-order valence-corrected chi connectivity index (χ2v) is 2.90. The van der Waals surface area contributed by atoms with E-state index in [2.05, 4.69) is 5.16 Å². The van der Waals surface area contributed by atoms with Gasteiger partial charge in [0.2, 0.25) is 0 Å². The molecule has 4 nitrogen and oxygen atoms in total. The van der Waals surface area contributed by atoms with Gasteiger partial charge in [0.05, 0.1) is 5.69 Å². The molecule has 0 radical (unpaired) electrons. The van der Waals surface area contributed by atoms with Gasteiger partial charge < -0.3 is 14.2 Å². The number of rotatable bonds is 1. The molecule has 0 fully saturated rings. The van der Waals surface area contributed by atoms with Crippen LogP contribution in [0.2, 0.25) is 0 Å². The largest absolute Gasteiger partial charge is 0.397 e. The van der Waals surface area contributed by atoms with Gasteiger partial charge >= 0.3 is 5.95 Å². The first-order chi connectivity index (χ1) is 5.59. The van der Waals surface area contributed by atoms with Crippen molar-refractivity contribution in [2.45, 2.75) is 6.92 Å². The number of hydrogen-bond acceptors (Lipinski definition) is 4. The molecule has 1 aromatic rings. The minimum absolute atomic E-state index is 0.325. The zero-order valence-corrected chi connectivity index (χ0v) is 8.01. The number of hydrogen-bond donors (Lipinski definition) is 0. The van der Waals surface area contributed by atoms with Crippen molar-refractivity contribution in [3.8, 4) is 5.95 Å². The fourth-order valence-electron chi connectivity index (χ4n) is 0.566. The summed E-state index contributed by atoms with van der Waals surface area (Å²) in [4.78, 5) is 1.67. The summed E-state index contributed by atoms with van der Waals surface area (Å²) in [5, 5.41) is 4.00. The van der Waals surface area contributed by atoms with Gasteiger partial charge in [-0.25, -0.2) is 0 Å². The molecule has 12 heavy (non-hydrogen) atoms. The predicted molar refractivity (Wildman–Crippen MR) is 48.2 cm³/mol. The van der Waals surface area contributed by atoms with E-state index >= 15 is 0 Å². The van der Waals surface area contributed by atoms with Crippen LogP contribution >= 0.6 is 12.2 Å². The van der Waals surface area contributed by atoms with E-state index in [0.29, 0.717) is 11.1 Å². The minimum atomic E-state index is 0.325. The summed E-state index contributed by atoms with van der Waals surface area (Å²) in [6.07, 6.45) is 0. The van der Waals surface area contributed by atoms with Crippen molar-refractivity contribution >= 4 is 17.4 Å². The third kappa shape index (κ3) is 2.20. The van der Waals surface area contributed by atoms with Crippen LogP contribution in [-0.4, -0.2) is 29.3 Å². The van der Waals surface area contributed by atoms with Gasteiger partial charge in [-0.1, -0.05) is 5.16 Å². The van der Waals surface area contributed by atoms with E-state index in [1.807, 2.05) is 6.92 Å². The Balaban J connectivity index is 2.58. The lowest BCUT2D eigenvalue weighted by molar-refractivity contribution is 0.295. The smallest absolute Gasteiger partial charge is 0.318 e. The van der Waals surface area contributed by atoms with Crippen molar-refractivity contribution in [2.75, 3.05) is 14.1 Å². The van der Waals surface area contributed by atoms with Gasteiger partial charge in [0.25, 0.3) is 5.17 Å². The third-order valence-corrected chi connectivity index (χ3v) is 1.61. The van der Waals surface area contributed by atoms with E-state index in [0.717, 1.165) is 5.69 Å². The minimum Gasteiger partial charge on any atom is -0.397 e. The van der Waals surface area contributed by atoms with Crippen LogP contribution in [0.4, 0.5) is 0 Å². The first kappa shape index (κ1) is 8.99. The molecule has 0 aliphatic heterocycles. The highest BCUT2D eigenvalue weighted by Gasteiger charge is 2.06. The van der Waals surface area contributed by atoms with E-state index in [9.17, 15) is 0 Å². The first-order valence-electron chi connectivity index (χ1n) is 3.42. The molecular weight excluding hydrogens is 176 g/mol. The maximum atomic E-state index is 5.12. The van der Waals surface area contributed by atoms with Crippen LogP contribution in [0.3, 0.4) is 0 Å². The Morgan fingerprint density at radius 3 is 2.75 bits per heavy atom. The maximum Gasteiger partial charge on any atom is 0.318 e. The molecule has 0 aliphatic rings. The quantitative estimate of drug-likeness (QED) is 0.616. The molecule has 0 amide bonds. The molecular formula is C7H10N2O2S. The van der Waals surface area contributed by atoms with Gasteiger partial charge in [-0.15, -0.1) is 0 Å². The highest BCUT2D eigenvalue weighted by molar-refractivity contribution is 7.80. The Morgan fingerprint density at radius 1 is 1.67 bits per heavy atom. The van der Waals surface area contributed by atoms with Crippen LogP contribution in [0, 0.1) is 6.92 Å². The molecule has 66 valence electrons. The summed E-state index contributed by atoms with van der Waals surface area (Å²) in [7, 11) is 3.59. The van der Waals surface area contributed by atoms with Gasteiger partial charge in [0.1, 0.15) is 0 Å². The molecule has 0 atom stereocenters. The van der Waals surface area contributed by atoms with Crippen LogP contribution < -0.4 is 4.74 Å². The van der Waals surface area contributed by atoms with Crippen molar-refractivity contribution < 1.29 is 9.26 Å². The molecule has 0 N–H and O–H groups in total. The normalized spacial score (nSPS) is 9.58. The van der Waals surface area contributed by atoms with E-state index in [1.54, 1.807) is 25.1 Å². The molecule has 1 aromatic heterocycles. The van der Waals surface area contributed by atoms with E-state index in [4.69, 9.17) is 21.5 Å². The van der Waals surface area contributed by atoms with E-state index < -0.39 is 0 Å². The molecule has 5 heteroatoms. The third-order valence-electron chi connectivity index (χ3n) is 1.16. The fourth-order valence-corrected chi connectivity index (χ4v) is 0.648. The molecule has 0 aromatic carbocycles. The van der Waals surface area contributed by atoms with Crippen LogP contribution in [-0.2, 0) is 0 Å². The van der Waals surface area contributed by atoms with Crippen molar-refractivity contribution in [3.63, 3.8) is 0 Å². The van der Waals surface area contributed by atoms with Gasteiger partial charge in [-0.05, 0) is 19.1 Å². The summed E-state index contributed by atoms with van der Waals surface area (Å²) in [6, 6.07) is 1.68. The molecule has 0 unspecified atom stereocenters. The second kappa shape index (κ2) is 3.53. The van der Waals surface area contributed by atoms with E-state index in [-0.39, 0.29) is 0 Å². The zero-order chi connectivity index (χ0) is 9.14. The van der Waals surface area contributed by atoms with Crippen LogP contribution in [0.25, 0.3) is 0 Å². The van der Waals surface area contributed by atoms with Gasteiger partial charge in [0.15, 0.2) is 0 Å². The molecule has 1 rings (SSSR count). The Morgan fingerprint density at radius 2 is 2.33 bits per heavy atom. The van der Waals surface area contributed by atoms with Crippen molar-refractivity contribution in [2.24, 2.45) is 0 Å². The Labute approximate surface area is 76.1 Å². The standard InChI is InChI=1S/C7H10N2O2S/c1-5-4-6(11-8-5)10-7(12)9(2)3/h4H,1-3H3. The van der Waals surface area contributed by atoms with Gasteiger partial charge in [-0.3, -0.25) is 0 Å². The Hall–Kier alpha value is -1.10. The lowest BCUT2D eigenvalue weighted by Crippen LogP contribution is -2.24. The first-order valence-corrected chi connectivity index (χ1v) is 3.83. The lowest BCUT2D eigenvalue weighted by atomic mass is 10.5. The molecule has 0 bridgehead atoms. The predicted octanol–water partition coefficient (Wildman–Crippen LogP) is 1.21. The van der Waals surface area contributed by atoms with Crippen LogP contribution in [0.5, 0.6) is 5.95 Å². The van der Waals surface area contributed by atoms with Crippen molar-refractivity contribution in [3.05, 3.63) is 11.8 Å². The van der Waals surface area contributed by atoms with Crippen LogP contribution in [0.15, 0.2) is 10.6 Å². The average molecular weight is 186 g/mol. The molecule has 0 saturated carbocycles. The average Bonchev–Trinajstić information content (AvgIpc) is 2.35. The summed E-state index contributed by atoms with van der Waals surface area (Å²) < 4.78 is 9.92. The SMILES string of the molecule is Cc1cc(OC(=S)N(C)C)on1. The van der Waals surface area contributed by atoms with Crippen molar-refractivity contribution in [1.29, 1.82) is 0 Å². The lowest BCUT2D eigenvalue weighted by Gasteiger charge is -2.10. The topological polar surface area (TPSA) is 38.5 Å². The number of ether oxygens (including phenoxy) is 1. The van der Waals surface area contributed by atoms with Gasteiger partial charge in [0, 0.05) is 20.2 Å². The van der Waals surface area contributed by atoms with E-state index in [1.165, 1.54) is 0 Å². The molecule has 0 saturated heterocycles. The highest BCUT2D eigenvalue weighted by atomic mass is 32.1. The fraction of sp³-hybridized carbons (Fsp3) is 0.429. The number of nitrogens with zero attached hydrogens (tertiary/aromatic N) is 2. The second-order valence-electron chi connectivity index (χ2n) is 2.55. The molecule has 1 heterocycles. The van der Waals surface area contributed by atoms with Crippen LogP contribution in [0.1, 0.15) is 5.69 Å². The maximum absolute atomic E-state index is 5.12. The Bertz CT molecular complexity index is 283. The summed E-state index contributed by atoms with van der Waals surface area (Å²) in [6.45, 7) is 1.81. The number of aromatic nitrogens is 1. The van der Waals surface area contributed by atoms with Gasteiger partial charge in [-0.2, -0.15) is 0 Å². The highest BCUT2D eigenvalue weighted by Crippen LogP contribution is 2.11.